The minimum Gasteiger partial charge on any atom is -0.349 e. The third-order valence-corrected chi connectivity index (χ3v) is 9.30. The molecule has 0 spiro atoms. The molecule has 0 unspecified atom stereocenters. The number of hydrogen-bond acceptors (Lipinski definition) is 4. The summed E-state index contributed by atoms with van der Waals surface area (Å²) in [5.74, 6) is 0.0153. The number of carbonyl (C=O) groups excluding carboxylic acids is 1. The summed E-state index contributed by atoms with van der Waals surface area (Å²) in [5.41, 5.74) is 7.74. The van der Waals surface area contributed by atoms with Crippen LogP contribution >= 0.6 is 0 Å². The second-order valence-corrected chi connectivity index (χ2v) is 12.3. The van der Waals surface area contributed by atoms with Crippen molar-refractivity contribution >= 4 is 27.8 Å². The Hall–Kier alpha value is -6.34. The van der Waals surface area contributed by atoms with E-state index >= 15 is 0 Å². The van der Waals surface area contributed by atoms with E-state index in [4.69, 9.17) is 9.97 Å². The van der Waals surface area contributed by atoms with Crippen LogP contribution in [0.4, 0.5) is 0 Å². The molecule has 8 aromatic rings. The number of aromatic amines is 1. The minimum absolute atomic E-state index is 0.151. The van der Waals surface area contributed by atoms with Crippen molar-refractivity contribution in [3.8, 4) is 11.3 Å². The molecule has 3 aromatic heterocycles. The first-order valence-electron chi connectivity index (χ1n) is 16.5. The molecule has 1 amide bonds. The lowest BCUT2D eigenvalue weighted by molar-refractivity contribution is 0.0942. The first kappa shape index (κ1) is 30.0. The van der Waals surface area contributed by atoms with Crippen molar-refractivity contribution in [2.24, 2.45) is 0 Å². The average molecular weight is 639 g/mol. The number of amides is 1. The first-order valence-corrected chi connectivity index (χ1v) is 16.5. The molecule has 0 radical (unpaired) electrons. The van der Waals surface area contributed by atoms with E-state index in [2.05, 4.69) is 112 Å². The Labute approximate surface area is 284 Å². The average Bonchev–Trinajstić information content (AvgIpc) is 3.77. The maximum Gasteiger partial charge on any atom is 0.289 e. The summed E-state index contributed by atoms with van der Waals surface area (Å²) in [6.07, 6.45) is 3.59. The number of H-pyrrole nitrogens is 1. The van der Waals surface area contributed by atoms with Gasteiger partial charge in [-0.15, -0.1) is 0 Å². The molecule has 7 heteroatoms. The van der Waals surface area contributed by atoms with Gasteiger partial charge in [-0.1, -0.05) is 128 Å². The quantitative estimate of drug-likeness (QED) is 0.156. The number of carbonyl (C=O) groups is 1. The normalized spacial score (nSPS) is 12.3. The van der Waals surface area contributed by atoms with Gasteiger partial charge in [-0.2, -0.15) is 0 Å². The van der Waals surface area contributed by atoms with Gasteiger partial charge >= 0.3 is 0 Å². The number of imidazole rings is 1. The molecule has 5 aromatic carbocycles. The van der Waals surface area contributed by atoms with Gasteiger partial charge in [-0.3, -0.25) is 19.6 Å². The van der Waals surface area contributed by atoms with E-state index in [-0.39, 0.29) is 17.6 Å². The fourth-order valence-corrected chi connectivity index (χ4v) is 6.87. The highest BCUT2D eigenvalue weighted by atomic mass is 16.2. The molecule has 7 nitrogen and oxygen atoms in total. The maximum absolute atomic E-state index is 13.4. The Balaban J connectivity index is 1.34. The summed E-state index contributed by atoms with van der Waals surface area (Å²) in [5, 5.41) is 7.85. The highest BCUT2D eigenvalue weighted by Crippen LogP contribution is 2.44. The van der Waals surface area contributed by atoms with E-state index in [1.165, 1.54) is 5.56 Å². The summed E-state index contributed by atoms with van der Waals surface area (Å²) < 4.78 is 2.24. The smallest absolute Gasteiger partial charge is 0.289 e. The van der Waals surface area contributed by atoms with Crippen molar-refractivity contribution in [3.63, 3.8) is 0 Å². The van der Waals surface area contributed by atoms with Crippen LogP contribution < -0.4 is 5.32 Å². The van der Waals surface area contributed by atoms with E-state index in [0.29, 0.717) is 17.6 Å². The standard InChI is InChI=1S/C42H34N6O/c1-29(30-14-6-2-7-15-30)28-44-41(49)40-45-36-26-35-38(27-37(36)46-40)48(47-39(35)31-22-24-43-25-23-31)42(32-16-8-3-9-17-32,33-18-10-4-11-19-33)34-20-12-5-13-21-34/h2-27,29,47H,28H2,1H3,(H,44,49)/t29-/m0/s1. The van der Waals surface area contributed by atoms with Gasteiger partial charge in [0.2, 0.25) is 5.82 Å². The molecule has 238 valence electrons. The molecule has 0 bridgehead atoms. The zero-order chi connectivity index (χ0) is 33.2. The fraction of sp³-hybridized carbons (Fsp3) is 0.0952. The predicted molar refractivity (Wildman–Crippen MR) is 194 cm³/mol. The molecule has 0 aliphatic carbocycles. The molecule has 3 heterocycles. The van der Waals surface area contributed by atoms with Crippen LogP contribution in [0.1, 0.15) is 45.7 Å². The monoisotopic (exact) mass is 638 g/mol. The van der Waals surface area contributed by atoms with E-state index in [9.17, 15) is 4.79 Å². The molecule has 0 aliphatic heterocycles. The summed E-state index contributed by atoms with van der Waals surface area (Å²) in [4.78, 5) is 27.2. The van der Waals surface area contributed by atoms with Crippen LogP contribution in [0.3, 0.4) is 0 Å². The van der Waals surface area contributed by atoms with Crippen LogP contribution in [0.5, 0.6) is 0 Å². The summed E-state index contributed by atoms with van der Waals surface area (Å²) >= 11 is 0. The summed E-state index contributed by atoms with van der Waals surface area (Å²) in [7, 11) is 0. The molecule has 0 saturated heterocycles. The van der Waals surface area contributed by atoms with E-state index in [1.807, 2.05) is 60.7 Å². The molecular weight excluding hydrogens is 605 g/mol. The minimum atomic E-state index is -0.797. The molecule has 0 saturated carbocycles. The highest BCUT2D eigenvalue weighted by molar-refractivity contribution is 6.03. The SMILES string of the molecule is C[C@@H](CNC(=O)c1nc2cc3c(-c4ccncc4)[nH]n(C(c4ccccc4)(c4ccccc4)c4ccccc4)c3cc2n1)c1ccccc1. The van der Waals surface area contributed by atoms with Crippen molar-refractivity contribution in [2.75, 3.05) is 6.54 Å². The Morgan fingerprint density at radius 1 is 0.714 bits per heavy atom. The largest absolute Gasteiger partial charge is 0.349 e. The number of benzene rings is 5. The Bertz CT molecular complexity index is 2260. The molecular formula is C42H34N6O. The first-order chi connectivity index (χ1) is 24.1. The van der Waals surface area contributed by atoms with Crippen molar-refractivity contribution in [2.45, 2.75) is 18.4 Å². The topological polar surface area (TPSA) is 88.5 Å². The van der Waals surface area contributed by atoms with Gasteiger partial charge in [0.15, 0.2) is 0 Å². The van der Waals surface area contributed by atoms with Crippen LogP contribution in [0.15, 0.2) is 158 Å². The molecule has 49 heavy (non-hydrogen) atoms. The van der Waals surface area contributed by atoms with Gasteiger partial charge in [0, 0.05) is 29.9 Å². The Kier molecular flexibility index (Phi) is 7.78. The number of hydrogen-bond donors (Lipinski definition) is 2. The predicted octanol–water partition coefficient (Wildman–Crippen LogP) is 8.35. The molecule has 1 atom stereocenters. The lowest BCUT2D eigenvalue weighted by atomic mass is 9.77. The summed E-state index contributed by atoms with van der Waals surface area (Å²) in [6.45, 7) is 2.58. The third kappa shape index (κ3) is 5.35. The van der Waals surface area contributed by atoms with Crippen LogP contribution in [-0.4, -0.2) is 37.2 Å². The van der Waals surface area contributed by atoms with Crippen molar-refractivity contribution in [3.05, 3.63) is 186 Å². The van der Waals surface area contributed by atoms with Crippen molar-refractivity contribution < 1.29 is 4.79 Å². The van der Waals surface area contributed by atoms with Gasteiger partial charge < -0.3 is 5.32 Å². The summed E-state index contributed by atoms with van der Waals surface area (Å²) in [6, 6.07) is 49.9. The number of nitrogens with zero attached hydrogens (tertiary/aromatic N) is 4. The van der Waals surface area contributed by atoms with E-state index < -0.39 is 5.54 Å². The fourth-order valence-electron chi connectivity index (χ4n) is 6.87. The molecule has 2 N–H and O–H groups in total. The van der Waals surface area contributed by atoms with E-state index in [0.717, 1.165) is 38.9 Å². The van der Waals surface area contributed by atoms with Crippen molar-refractivity contribution in [1.29, 1.82) is 0 Å². The lowest BCUT2D eigenvalue weighted by Gasteiger charge is -2.37. The number of pyridine rings is 1. The molecule has 8 rings (SSSR count). The highest BCUT2D eigenvalue weighted by Gasteiger charge is 2.40. The van der Waals surface area contributed by atoms with Crippen LogP contribution in [0, 0.1) is 0 Å². The van der Waals surface area contributed by atoms with E-state index in [1.54, 1.807) is 12.4 Å². The van der Waals surface area contributed by atoms with Gasteiger partial charge in [-0.25, -0.2) is 9.97 Å². The van der Waals surface area contributed by atoms with Gasteiger partial charge in [0.1, 0.15) is 5.54 Å². The second-order valence-electron chi connectivity index (χ2n) is 12.3. The van der Waals surface area contributed by atoms with Crippen molar-refractivity contribution in [1.82, 2.24) is 30.0 Å². The van der Waals surface area contributed by atoms with Crippen LogP contribution in [-0.2, 0) is 5.54 Å². The second kappa shape index (κ2) is 12.7. The lowest BCUT2D eigenvalue weighted by Crippen LogP contribution is -2.38. The van der Waals surface area contributed by atoms with Crippen LogP contribution in [0.2, 0.25) is 0 Å². The Morgan fingerprint density at radius 3 is 1.78 bits per heavy atom. The van der Waals surface area contributed by atoms with Gasteiger partial charge in [-0.05, 0) is 52.4 Å². The maximum atomic E-state index is 13.4. The zero-order valence-corrected chi connectivity index (χ0v) is 27.0. The number of fused-ring (bicyclic) bond motifs is 2. The third-order valence-electron chi connectivity index (χ3n) is 9.30. The number of rotatable bonds is 9. The van der Waals surface area contributed by atoms with Gasteiger partial charge in [0.25, 0.3) is 5.91 Å². The number of aromatic nitrogens is 5. The Morgan fingerprint density at radius 2 is 1.22 bits per heavy atom. The molecule has 0 aliphatic rings. The number of nitrogens with one attached hydrogen (secondary N) is 2. The molecule has 0 fully saturated rings. The van der Waals surface area contributed by atoms with Crippen LogP contribution in [0.25, 0.3) is 33.2 Å². The zero-order valence-electron chi connectivity index (χ0n) is 27.0. The van der Waals surface area contributed by atoms with Gasteiger partial charge in [0.05, 0.1) is 22.2 Å².